The molecule has 0 aromatic heterocycles. The summed E-state index contributed by atoms with van der Waals surface area (Å²) in [5.74, 6) is 0. The highest BCUT2D eigenvalue weighted by Gasteiger charge is 2.40. The molecule has 2 rings (SSSR count). The van der Waals surface area contributed by atoms with Crippen LogP contribution in [0.1, 0.15) is 46.0 Å². The minimum atomic E-state index is -0.418. The lowest BCUT2D eigenvalue weighted by Crippen LogP contribution is -2.42. The molecule has 14 heavy (non-hydrogen) atoms. The zero-order valence-electron chi connectivity index (χ0n) is 9.55. The molecule has 0 amide bonds. The Morgan fingerprint density at radius 3 is 2.36 bits per heavy atom. The van der Waals surface area contributed by atoms with Gasteiger partial charge in [0.25, 0.3) is 0 Å². The molecule has 0 spiro atoms. The SMILES string of the molecule is CCC1(CN2CCC(C)(O)C2)CCC1. The second-order valence-corrected chi connectivity index (χ2v) is 5.66. The third-order valence-electron chi connectivity index (χ3n) is 4.25. The Morgan fingerprint density at radius 2 is 2.00 bits per heavy atom. The third kappa shape index (κ3) is 1.96. The second kappa shape index (κ2) is 3.49. The lowest BCUT2D eigenvalue weighted by atomic mass is 9.67. The number of likely N-dealkylation sites (tertiary alicyclic amines) is 1. The normalized spacial score (nSPS) is 37.1. The Labute approximate surface area is 87.3 Å². The molecule has 0 bridgehead atoms. The second-order valence-electron chi connectivity index (χ2n) is 5.66. The predicted molar refractivity (Wildman–Crippen MR) is 58.3 cm³/mol. The molecule has 1 unspecified atom stereocenters. The number of β-amino-alcohol motifs (C(OH)–C–C–N with tert-alkyl or cyclic N) is 1. The Bertz CT molecular complexity index is 203. The summed E-state index contributed by atoms with van der Waals surface area (Å²) >= 11 is 0. The highest BCUT2D eigenvalue weighted by Crippen LogP contribution is 2.45. The largest absolute Gasteiger partial charge is 0.389 e. The van der Waals surface area contributed by atoms with Gasteiger partial charge in [-0.15, -0.1) is 0 Å². The molecule has 1 saturated heterocycles. The van der Waals surface area contributed by atoms with Crippen LogP contribution < -0.4 is 0 Å². The van der Waals surface area contributed by atoms with Crippen molar-refractivity contribution >= 4 is 0 Å². The number of aliphatic hydroxyl groups is 1. The maximum absolute atomic E-state index is 9.88. The van der Waals surface area contributed by atoms with Crippen molar-refractivity contribution in [2.45, 2.75) is 51.6 Å². The first-order valence-corrected chi connectivity index (χ1v) is 6.00. The van der Waals surface area contributed by atoms with E-state index in [2.05, 4.69) is 11.8 Å². The van der Waals surface area contributed by atoms with E-state index in [1.807, 2.05) is 6.92 Å². The van der Waals surface area contributed by atoms with E-state index in [4.69, 9.17) is 0 Å². The smallest absolute Gasteiger partial charge is 0.0758 e. The fourth-order valence-corrected chi connectivity index (χ4v) is 2.95. The Morgan fingerprint density at radius 1 is 1.29 bits per heavy atom. The van der Waals surface area contributed by atoms with E-state index in [-0.39, 0.29) is 0 Å². The van der Waals surface area contributed by atoms with Gasteiger partial charge in [0.1, 0.15) is 0 Å². The fraction of sp³-hybridized carbons (Fsp3) is 1.00. The molecule has 1 heterocycles. The van der Waals surface area contributed by atoms with E-state index in [1.165, 1.54) is 32.2 Å². The summed E-state index contributed by atoms with van der Waals surface area (Å²) in [5.41, 5.74) is 0.194. The lowest BCUT2D eigenvalue weighted by molar-refractivity contribution is 0.0398. The first-order chi connectivity index (χ1) is 6.55. The number of hydrogen-bond acceptors (Lipinski definition) is 2. The third-order valence-corrected chi connectivity index (χ3v) is 4.25. The summed E-state index contributed by atoms with van der Waals surface area (Å²) in [5, 5.41) is 9.88. The first kappa shape index (κ1) is 10.4. The molecular formula is C12H23NO. The molecule has 1 N–H and O–H groups in total. The molecule has 0 aromatic rings. The van der Waals surface area contributed by atoms with Gasteiger partial charge in [0.15, 0.2) is 0 Å². The highest BCUT2D eigenvalue weighted by molar-refractivity contribution is 4.93. The number of hydrogen-bond donors (Lipinski definition) is 1. The molecule has 2 fully saturated rings. The molecule has 0 radical (unpaired) electrons. The zero-order chi connectivity index (χ0) is 10.2. The monoisotopic (exact) mass is 197 g/mol. The van der Waals surface area contributed by atoms with Gasteiger partial charge in [-0.1, -0.05) is 13.3 Å². The van der Waals surface area contributed by atoms with Crippen molar-refractivity contribution in [3.63, 3.8) is 0 Å². The summed E-state index contributed by atoms with van der Waals surface area (Å²) in [4.78, 5) is 2.46. The van der Waals surface area contributed by atoms with Gasteiger partial charge in [-0.2, -0.15) is 0 Å². The van der Waals surface area contributed by atoms with Gasteiger partial charge in [0.2, 0.25) is 0 Å². The molecule has 1 aliphatic heterocycles. The van der Waals surface area contributed by atoms with Gasteiger partial charge in [-0.3, -0.25) is 4.90 Å². The van der Waals surface area contributed by atoms with Crippen LogP contribution in [0.5, 0.6) is 0 Å². The Kier molecular flexibility index (Phi) is 2.61. The summed E-state index contributed by atoms with van der Waals surface area (Å²) < 4.78 is 0. The first-order valence-electron chi connectivity index (χ1n) is 6.00. The van der Waals surface area contributed by atoms with E-state index < -0.39 is 5.60 Å². The predicted octanol–water partition coefficient (Wildman–Crippen LogP) is 2.02. The van der Waals surface area contributed by atoms with Crippen LogP contribution in [0.3, 0.4) is 0 Å². The van der Waals surface area contributed by atoms with Crippen LogP contribution in [0.15, 0.2) is 0 Å². The van der Waals surface area contributed by atoms with Gasteiger partial charge in [-0.05, 0) is 38.0 Å². The van der Waals surface area contributed by atoms with Crippen LogP contribution in [-0.4, -0.2) is 35.2 Å². The van der Waals surface area contributed by atoms with Gasteiger partial charge in [0, 0.05) is 19.6 Å². The van der Waals surface area contributed by atoms with E-state index in [1.54, 1.807) is 0 Å². The van der Waals surface area contributed by atoms with Crippen molar-refractivity contribution in [3.05, 3.63) is 0 Å². The number of rotatable bonds is 3. The molecule has 1 atom stereocenters. The van der Waals surface area contributed by atoms with Crippen molar-refractivity contribution in [2.75, 3.05) is 19.6 Å². The van der Waals surface area contributed by atoms with Crippen molar-refractivity contribution in [3.8, 4) is 0 Å². The van der Waals surface area contributed by atoms with Crippen molar-refractivity contribution in [1.82, 2.24) is 4.90 Å². The molecule has 1 saturated carbocycles. The maximum atomic E-state index is 9.88. The Hall–Kier alpha value is -0.0800. The van der Waals surface area contributed by atoms with Crippen LogP contribution >= 0.6 is 0 Å². The molecule has 2 aliphatic rings. The quantitative estimate of drug-likeness (QED) is 0.748. The molecule has 2 heteroatoms. The minimum absolute atomic E-state index is 0.418. The molecular weight excluding hydrogens is 174 g/mol. The lowest BCUT2D eigenvalue weighted by Gasteiger charge is -2.44. The van der Waals surface area contributed by atoms with E-state index in [0.717, 1.165) is 19.5 Å². The van der Waals surface area contributed by atoms with Crippen molar-refractivity contribution in [1.29, 1.82) is 0 Å². The van der Waals surface area contributed by atoms with E-state index >= 15 is 0 Å². The summed E-state index contributed by atoms with van der Waals surface area (Å²) in [6, 6.07) is 0. The van der Waals surface area contributed by atoms with Crippen LogP contribution in [0.4, 0.5) is 0 Å². The molecule has 82 valence electrons. The average Bonchev–Trinajstić information content (AvgIpc) is 2.38. The van der Waals surface area contributed by atoms with E-state index in [9.17, 15) is 5.11 Å². The van der Waals surface area contributed by atoms with E-state index in [0.29, 0.717) is 5.41 Å². The molecule has 0 aromatic carbocycles. The van der Waals surface area contributed by atoms with Crippen LogP contribution in [0.25, 0.3) is 0 Å². The topological polar surface area (TPSA) is 23.5 Å². The van der Waals surface area contributed by atoms with Gasteiger partial charge in [-0.25, -0.2) is 0 Å². The van der Waals surface area contributed by atoms with Crippen molar-refractivity contribution < 1.29 is 5.11 Å². The maximum Gasteiger partial charge on any atom is 0.0758 e. The average molecular weight is 197 g/mol. The standard InChI is InChI=1S/C12H23NO/c1-3-12(5-4-6-12)10-13-8-7-11(2,14)9-13/h14H,3-10H2,1-2H3. The van der Waals surface area contributed by atoms with Crippen LogP contribution in [0, 0.1) is 5.41 Å². The van der Waals surface area contributed by atoms with Crippen LogP contribution in [0.2, 0.25) is 0 Å². The summed E-state index contributed by atoms with van der Waals surface area (Å²) in [6.07, 6.45) is 6.49. The van der Waals surface area contributed by atoms with Gasteiger partial charge in [0.05, 0.1) is 5.60 Å². The molecule has 1 aliphatic carbocycles. The highest BCUT2D eigenvalue weighted by atomic mass is 16.3. The van der Waals surface area contributed by atoms with Crippen LogP contribution in [-0.2, 0) is 0 Å². The van der Waals surface area contributed by atoms with Crippen molar-refractivity contribution in [2.24, 2.45) is 5.41 Å². The molecule has 2 nitrogen and oxygen atoms in total. The summed E-state index contributed by atoms with van der Waals surface area (Å²) in [7, 11) is 0. The summed E-state index contributed by atoms with van der Waals surface area (Å²) in [6.45, 7) is 7.48. The Balaban J connectivity index is 1.86. The van der Waals surface area contributed by atoms with Gasteiger partial charge >= 0.3 is 0 Å². The number of nitrogens with zero attached hydrogens (tertiary/aromatic N) is 1. The van der Waals surface area contributed by atoms with Gasteiger partial charge < -0.3 is 5.11 Å². The fourth-order valence-electron chi connectivity index (χ4n) is 2.95. The zero-order valence-corrected chi connectivity index (χ0v) is 9.55. The minimum Gasteiger partial charge on any atom is -0.389 e.